The van der Waals surface area contributed by atoms with Crippen molar-refractivity contribution in [2.45, 2.75) is 12.8 Å². The third kappa shape index (κ3) is 2.37. The van der Waals surface area contributed by atoms with Crippen LogP contribution in [-0.4, -0.2) is 53.9 Å². The van der Waals surface area contributed by atoms with Gasteiger partial charge in [-0.25, -0.2) is 0 Å². The van der Waals surface area contributed by atoms with E-state index in [1.165, 1.54) is 0 Å². The quantitative estimate of drug-likeness (QED) is 0.782. The predicted octanol–water partition coefficient (Wildman–Crippen LogP) is 1.37. The number of nitrogens with zero attached hydrogens (tertiary/aromatic N) is 2. The fourth-order valence-corrected chi connectivity index (χ4v) is 2.78. The van der Waals surface area contributed by atoms with E-state index in [0.29, 0.717) is 5.69 Å². The number of amides is 1. The SMILES string of the molecule is C#CC1=Cc2cc(C(=O)N3CCN(C)CC3)[nH]c2CC1. The number of fused-ring (bicyclic) bond motifs is 1. The highest BCUT2D eigenvalue weighted by Crippen LogP contribution is 2.24. The second-order valence-corrected chi connectivity index (χ2v) is 5.53. The minimum Gasteiger partial charge on any atom is -0.354 e. The zero-order chi connectivity index (χ0) is 14.1. The summed E-state index contributed by atoms with van der Waals surface area (Å²) >= 11 is 0. The van der Waals surface area contributed by atoms with Crippen molar-refractivity contribution in [3.8, 4) is 12.3 Å². The first-order valence-corrected chi connectivity index (χ1v) is 7.04. The number of carbonyl (C=O) groups is 1. The smallest absolute Gasteiger partial charge is 0.270 e. The lowest BCUT2D eigenvalue weighted by atomic mass is 9.98. The van der Waals surface area contributed by atoms with E-state index < -0.39 is 0 Å². The van der Waals surface area contributed by atoms with Crippen LogP contribution >= 0.6 is 0 Å². The molecule has 1 aliphatic carbocycles. The molecule has 2 aliphatic rings. The van der Waals surface area contributed by atoms with E-state index in [9.17, 15) is 4.79 Å². The summed E-state index contributed by atoms with van der Waals surface area (Å²) in [6.45, 7) is 3.47. The maximum atomic E-state index is 12.5. The summed E-state index contributed by atoms with van der Waals surface area (Å²) in [5, 5.41) is 0. The average Bonchev–Trinajstić information content (AvgIpc) is 2.90. The van der Waals surface area contributed by atoms with Crippen LogP contribution in [0.5, 0.6) is 0 Å². The Kier molecular flexibility index (Phi) is 3.37. The standard InChI is InChI=1S/C16H19N3O/c1-3-12-4-5-14-13(10-12)11-15(17-14)16(20)19-8-6-18(2)7-9-19/h1,10-11,17H,4-9H2,2H3. The molecule has 1 aromatic rings. The van der Waals surface area contributed by atoms with Crippen LogP contribution in [0, 0.1) is 12.3 Å². The first-order chi connectivity index (χ1) is 9.67. The van der Waals surface area contributed by atoms with Gasteiger partial charge in [-0.1, -0.05) is 5.92 Å². The number of allylic oxidation sites excluding steroid dienone is 1. The highest BCUT2D eigenvalue weighted by Gasteiger charge is 2.23. The molecule has 0 spiro atoms. The molecule has 0 aromatic carbocycles. The molecule has 0 atom stereocenters. The van der Waals surface area contributed by atoms with Gasteiger partial charge in [-0.2, -0.15) is 0 Å². The molecule has 1 aromatic heterocycles. The number of likely N-dealkylation sites (N-methyl/N-ethyl adjacent to an activating group) is 1. The Bertz CT molecular complexity index is 598. The van der Waals surface area contributed by atoms with Gasteiger partial charge in [0.05, 0.1) is 0 Å². The van der Waals surface area contributed by atoms with Gasteiger partial charge in [0.2, 0.25) is 0 Å². The lowest BCUT2D eigenvalue weighted by Crippen LogP contribution is -2.47. The maximum Gasteiger partial charge on any atom is 0.270 e. The molecule has 1 saturated heterocycles. The van der Waals surface area contributed by atoms with Gasteiger partial charge in [-0.15, -0.1) is 6.42 Å². The second-order valence-electron chi connectivity index (χ2n) is 5.53. The molecule has 20 heavy (non-hydrogen) atoms. The predicted molar refractivity (Wildman–Crippen MR) is 79.3 cm³/mol. The summed E-state index contributed by atoms with van der Waals surface area (Å²) in [7, 11) is 2.08. The van der Waals surface area contributed by atoms with Crippen molar-refractivity contribution in [1.82, 2.24) is 14.8 Å². The number of hydrogen-bond donors (Lipinski definition) is 1. The number of nitrogens with one attached hydrogen (secondary N) is 1. The molecule has 0 radical (unpaired) electrons. The Balaban J connectivity index is 1.79. The topological polar surface area (TPSA) is 39.3 Å². The minimum atomic E-state index is 0.100. The molecule has 1 N–H and O–H groups in total. The monoisotopic (exact) mass is 269 g/mol. The number of hydrogen-bond acceptors (Lipinski definition) is 2. The van der Waals surface area contributed by atoms with Gasteiger partial charge in [0, 0.05) is 37.4 Å². The number of carbonyl (C=O) groups excluding carboxylic acids is 1. The molecule has 4 heteroatoms. The zero-order valence-corrected chi connectivity index (χ0v) is 11.8. The molecule has 1 aliphatic heterocycles. The number of rotatable bonds is 1. The van der Waals surface area contributed by atoms with Gasteiger partial charge in [0.15, 0.2) is 0 Å². The van der Waals surface area contributed by atoms with Crippen molar-refractivity contribution < 1.29 is 4.79 Å². The molecule has 0 unspecified atom stereocenters. The van der Waals surface area contributed by atoms with Crippen LogP contribution in [0.4, 0.5) is 0 Å². The van der Waals surface area contributed by atoms with Crippen LogP contribution in [-0.2, 0) is 6.42 Å². The molecule has 2 heterocycles. The lowest BCUT2D eigenvalue weighted by Gasteiger charge is -2.32. The molecule has 3 rings (SSSR count). The van der Waals surface area contributed by atoms with Crippen molar-refractivity contribution in [2.24, 2.45) is 0 Å². The second kappa shape index (κ2) is 5.18. The zero-order valence-electron chi connectivity index (χ0n) is 11.8. The van der Waals surface area contributed by atoms with Crippen molar-refractivity contribution in [3.63, 3.8) is 0 Å². The number of piperazine rings is 1. The van der Waals surface area contributed by atoms with E-state index in [1.54, 1.807) is 0 Å². The third-order valence-electron chi connectivity index (χ3n) is 4.11. The molecule has 1 amide bonds. The Hall–Kier alpha value is -1.99. The first kappa shape index (κ1) is 13.0. The van der Waals surface area contributed by atoms with Gasteiger partial charge >= 0.3 is 0 Å². The third-order valence-corrected chi connectivity index (χ3v) is 4.11. The molecular weight excluding hydrogens is 250 g/mol. The number of terminal acetylenes is 1. The summed E-state index contributed by atoms with van der Waals surface area (Å²) in [4.78, 5) is 19.9. The molecule has 1 fully saturated rings. The summed E-state index contributed by atoms with van der Waals surface area (Å²) in [5.41, 5.74) is 3.90. The molecule has 0 saturated carbocycles. The Morgan fingerprint density at radius 2 is 2.05 bits per heavy atom. The van der Waals surface area contributed by atoms with Gasteiger partial charge in [-0.05, 0) is 37.6 Å². The van der Waals surface area contributed by atoms with E-state index in [0.717, 1.165) is 55.9 Å². The fraction of sp³-hybridized carbons (Fsp3) is 0.438. The van der Waals surface area contributed by atoms with Gasteiger partial charge < -0.3 is 14.8 Å². The van der Waals surface area contributed by atoms with Crippen LogP contribution in [0.2, 0.25) is 0 Å². The van der Waals surface area contributed by atoms with Crippen LogP contribution < -0.4 is 0 Å². The number of H-pyrrole nitrogens is 1. The van der Waals surface area contributed by atoms with Crippen molar-refractivity contribution in [1.29, 1.82) is 0 Å². The minimum absolute atomic E-state index is 0.100. The van der Waals surface area contributed by atoms with E-state index in [1.807, 2.05) is 17.0 Å². The number of aryl methyl sites for hydroxylation is 1. The van der Waals surface area contributed by atoms with Crippen LogP contribution in [0.25, 0.3) is 6.08 Å². The summed E-state index contributed by atoms with van der Waals surface area (Å²) in [6, 6.07) is 1.94. The first-order valence-electron chi connectivity index (χ1n) is 7.04. The Morgan fingerprint density at radius 3 is 2.75 bits per heavy atom. The van der Waals surface area contributed by atoms with Crippen molar-refractivity contribution >= 4 is 12.0 Å². The van der Waals surface area contributed by atoms with Gasteiger partial charge in [0.1, 0.15) is 5.69 Å². The molecule has 4 nitrogen and oxygen atoms in total. The number of aromatic amines is 1. The van der Waals surface area contributed by atoms with Crippen LogP contribution in [0.3, 0.4) is 0 Å². The number of aromatic nitrogens is 1. The molecular formula is C16H19N3O. The Morgan fingerprint density at radius 1 is 1.30 bits per heavy atom. The summed E-state index contributed by atoms with van der Waals surface area (Å²) < 4.78 is 0. The normalized spacial score (nSPS) is 19.2. The lowest BCUT2D eigenvalue weighted by molar-refractivity contribution is 0.0659. The van der Waals surface area contributed by atoms with Crippen molar-refractivity contribution in [3.05, 3.63) is 28.6 Å². The van der Waals surface area contributed by atoms with E-state index in [-0.39, 0.29) is 5.91 Å². The van der Waals surface area contributed by atoms with E-state index in [4.69, 9.17) is 6.42 Å². The van der Waals surface area contributed by atoms with E-state index >= 15 is 0 Å². The Labute approximate surface area is 119 Å². The fourth-order valence-electron chi connectivity index (χ4n) is 2.78. The summed E-state index contributed by atoms with van der Waals surface area (Å²) in [6.07, 6.45) is 9.23. The highest BCUT2D eigenvalue weighted by molar-refractivity contribution is 5.93. The largest absolute Gasteiger partial charge is 0.354 e. The van der Waals surface area contributed by atoms with Gasteiger partial charge in [-0.3, -0.25) is 4.79 Å². The molecule has 104 valence electrons. The van der Waals surface area contributed by atoms with Crippen molar-refractivity contribution in [2.75, 3.05) is 33.2 Å². The van der Waals surface area contributed by atoms with Crippen LogP contribution in [0.1, 0.15) is 28.2 Å². The van der Waals surface area contributed by atoms with Crippen LogP contribution in [0.15, 0.2) is 11.6 Å². The summed E-state index contributed by atoms with van der Waals surface area (Å²) in [5.74, 6) is 2.80. The maximum absolute atomic E-state index is 12.5. The highest BCUT2D eigenvalue weighted by atomic mass is 16.2. The average molecular weight is 269 g/mol. The molecule has 0 bridgehead atoms. The van der Waals surface area contributed by atoms with E-state index in [2.05, 4.69) is 22.9 Å². The van der Waals surface area contributed by atoms with Gasteiger partial charge in [0.25, 0.3) is 5.91 Å².